The Morgan fingerprint density at radius 3 is 2.43 bits per heavy atom. The summed E-state index contributed by atoms with van der Waals surface area (Å²) in [5.74, 6) is 0.134. The molecule has 212 valence electrons. The number of aromatic nitrogens is 7. The monoisotopic (exact) mass is 561 g/mol. The van der Waals surface area contributed by atoms with E-state index < -0.39 is 11.9 Å². The number of fused-ring (bicyclic) bond motifs is 2. The summed E-state index contributed by atoms with van der Waals surface area (Å²) in [6.07, 6.45) is 3.50. The first-order valence-electron chi connectivity index (χ1n) is 13.7. The van der Waals surface area contributed by atoms with Crippen molar-refractivity contribution in [1.82, 2.24) is 39.2 Å². The summed E-state index contributed by atoms with van der Waals surface area (Å²) in [5, 5.41) is 12.1. The second-order valence-corrected chi connectivity index (χ2v) is 10.6. The Hall–Kier alpha value is -5.32. The number of nitrogens with zero attached hydrogens (tertiary/aromatic N) is 7. The second kappa shape index (κ2) is 10.3. The average molecular weight is 562 g/mol. The molecule has 0 saturated carbocycles. The number of carbonyl (C=O) groups is 1. The Kier molecular flexibility index (Phi) is 6.56. The lowest BCUT2D eigenvalue weighted by Gasteiger charge is -2.20. The molecule has 6 aromatic rings. The van der Waals surface area contributed by atoms with Gasteiger partial charge in [-0.1, -0.05) is 44.2 Å². The number of hydrogen-bond donors (Lipinski definition) is 2. The molecule has 1 unspecified atom stereocenters. The number of rotatable bonds is 6. The fourth-order valence-electron chi connectivity index (χ4n) is 5.18. The molecule has 0 aliphatic carbocycles. The normalized spacial score (nSPS) is 12.3. The third-order valence-corrected chi connectivity index (χ3v) is 7.55. The highest BCUT2D eigenvalue weighted by Gasteiger charge is 2.26. The highest BCUT2D eigenvalue weighted by atomic mass is 16.2. The first kappa shape index (κ1) is 26.9. The maximum Gasteiger partial charge on any atom is 0.266 e. The van der Waals surface area contributed by atoms with Gasteiger partial charge in [-0.15, -0.1) is 5.10 Å². The van der Waals surface area contributed by atoms with E-state index in [1.807, 2.05) is 76.3 Å². The molecule has 2 aromatic carbocycles. The predicted molar refractivity (Wildman–Crippen MR) is 162 cm³/mol. The molecule has 0 bridgehead atoms. The lowest BCUT2D eigenvalue weighted by atomic mass is 10.0. The topological polar surface area (TPSA) is 138 Å². The number of anilines is 1. The van der Waals surface area contributed by atoms with Crippen LogP contribution >= 0.6 is 0 Å². The van der Waals surface area contributed by atoms with Crippen LogP contribution in [0.1, 0.15) is 60.3 Å². The van der Waals surface area contributed by atoms with Gasteiger partial charge in [0.05, 0.1) is 28.8 Å². The van der Waals surface area contributed by atoms with Gasteiger partial charge in [-0.3, -0.25) is 18.8 Å². The predicted octanol–water partition coefficient (Wildman–Crippen LogP) is 4.33. The van der Waals surface area contributed by atoms with Crippen LogP contribution in [0, 0.1) is 6.92 Å². The van der Waals surface area contributed by atoms with Crippen molar-refractivity contribution < 1.29 is 4.79 Å². The van der Waals surface area contributed by atoms with Crippen molar-refractivity contribution in [3.63, 3.8) is 0 Å². The van der Waals surface area contributed by atoms with Gasteiger partial charge in [-0.05, 0) is 44.0 Å². The molecule has 4 aromatic heterocycles. The van der Waals surface area contributed by atoms with Gasteiger partial charge in [-0.25, -0.2) is 14.5 Å². The molecule has 3 N–H and O–H groups in total. The van der Waals surface area contributed by atoms with Gasteiger partial charge < -0.3 is 11.1 Å². The Morgan fingerprint density at radius 1 is 0.976 bits per heavy atom. The molecule has 1 atom stereocenters. The summed E-state index contributed by atoms with van der Waals surface area (Å²) in [6.45, 7) is 7.79. The van der Waals surface area contributed by atoms with Crippen molar-refractivity contribution >= 4 is 28.3 Å². The van der Waals surface area contributed by atoms with E-state index in [9.17, 15) is 9.59 Å². The third kappa shape index (κ3) is 4.39. The van der Waals surface area contributed by atoms with Crippen molar-refractivity contribution in [2.45, 2.75) is 39.7 Å². The molecule has 11 nitrogen and oxygen atoms in total. The molecule has 1 amide bonds. The van der Waals surface area contributed by atoms with Crippen molar-refractivity contribution in [2.75, 3.05) is 5.73 Å². The van der Waals surface area contributed by atoms with Gasteiger partial charge in [0.2, 0.25) is 0 Å². The SMILES string of the molecule is Cc1c(-c2cccc3nc(C(C)NC(=O)c4c(N)nn5ccc(C(C)C)nc45)n(-c4ccccc4)c(=O)c23)cnn1C. The summed E-state index contributed by atoms with van der Waals surface area (Å²) >= 11 is 0. The Morgan fingerprint density at radius 2 is 1.74 bits per heavy atom. The van der Waals surface area contributed by atoms with E-state index in [0.717, 1.165) is 22.5 Å². The van der Waals surface area contributed by atoms with Crippen LogP contribution in [-0.2, 0) is 7.05 Å². The minimum Gasteiger partial charge on any atom is -0.381 e. The quantitative estimate of drug-likeness (QED) is 0.309. The number of amides is 1. The highest BCUT2D eigenvalue weighted by molar-refractivity contribution is 6.04. The fraction of sp³-hybridized carbons (Fsp3) is 0.226. The first-order chi connectivity index (χ1) is 20.2. The van der Waals surface area contributed by atoms with E-state index in [-0.39, 0.29) is 22.9 Å². The van der Waals surface area contributed by atoms with E-state index >= 15 is 0 Å². The minimum atomic E-state index is -0.679. The van der Waals surface area contributed by atoms with E-state index in [1.54, 1.807) is 34.6 Å². The lowest BCUT2D eigenvalue weighted by molar-refractivity contribution is 0.0940. The van der Waals surface area contributed by atoms with E-state index in [4.69, 9.17) is 10.7 Å². The molecule has 0 aliphatic heterocycles. The largest absolute Gasteiger partial charge is 0.381 e. The van der Waals surface area contributed by atoms with Crippen LogP contribution in [0.3, 0.4) is 0 Å². The zero-order chi connectivity index (χ0) is 29.7. The Labute approximate surface area is 241 Å². The number of hydrogen-bond acceptors (Lipinski definition) is 7. The number of benzene rings is 2. The second-order valence-electron chi connectivity index (χ2n) is 10.6. The molecule has 4 heterocycles. The van der Waals surface area contributed by atoms with Gasteiger partial charge in [0, 0.05) is 35.8 Å². The zero-order valence-electron chi connectivity index (χ0n) is 24.0. The molecule has 0 saturated heterocycles. The summed E-state index contributed by atoms with van der Waals surface area (Å²) in [6, 6.07) is 16.0. The Balaban J connectivity index is 1.50. The van der Waals surface area contributed by atoms with Gasteiger partial charge in [0.25, 0.3) is 11.5 Å². The van der Waals surface area contributed by atoms with Crippen molar-refractivity contribution in [2.24, 2.45) is 7.05 Å². The molecular weight excluding hydrogens is 530 g/mol. The molecular formula is C31H31N9O2. The molecule has 0 spiro atoms. The molecule has 11 heteroatoms. The standard InChI is InChI=1S/C31H31N9O2/c1-17(2)23-14-15-39-29(35-23)26(27(32)37-39)30(41)34-18(3)28-36-24-13-9-12-21(22-16-33-38(5)19(22)4)25(24)31(42)40(28)20-10-7-6-8-11-20/h6-18H,1-5H3,(H2,32,37)(H,34,41). The van der Waals surface area contributed by atoms with Crippen molar-refractivity contribution in [3.05, 3.63) is 100 Å². The van der Waals surface area contributed by atoms with E-state index in [1.165, 1.54) is 4.52 Å². The molecule has 6 rings (SSSR count). The van der Waals surface area contributed by atoms with Crippen LogP contribution in [0.25, 0.3) is 33.4 Å². The number of carbonyl (C=O) groups excluding carboxylic acids is 1. The van der Waals surface area contributed by atoms with Crippen molar-refractivity contribution in [1.29, 1.82) is 0 Å². The smallest absolute Gasteiger partial charge is 0.266 e. The number of aryl methyl sites for hydroxylation is 1. The summed E-state index contributed by atoms with van der Waals surface area (Å²) in [7, 11) is 1.86. The average Bonchev–Trinajstić information content (AvgIpc) is 3.49. The minimum absolute atomic E-state index is 0.0662. The van der Waals surface area contributed by atoms with E-state index in [2.05, 4.69) is 20.5 Å². The summed E-state index contributed by atoms with van der Waals surface area (Å²) in [4.78, 5) is 37.6. The third-order valence-electron chi connectivity index (χ3n) is 7.55. The number of para-hydroxylation sites is 1. The van der Waals surface area contributed by atoms with Gasteiger partial charge in [-0.2, -0.15) is 5.10 Å². The summed E-state index contributed by atoms with van der Waals surface area (Å²) in [5.41, 5.74) is 11.0. The summed E-state index contributed by atoms with van der Waals surface area (Å²) < 4.78 is 4.82. The van der Waals surface area contributed by atoms with Crippen LogP contribution in [0.5, 0.6) is 0 Å². The Bertz CT molecular complexity index is 2040. The fourth-order valence-corrected chi connectivity index (χ4v) is 5.18. The van der Waals surface area contributed by atoms with Crippen LogP contribution in [-0.4, -0.2) is 39.8 Å². The number of nitrogens with one attached hydrogen (secondary N) is 1. The van der Waals surface area contributed by atoms with Crippen LogP contribution in [0.2, 0.25) is 0 Å². The highest BCUT2D eigenvalue weighted by Crippen LogP contribution is 2.30. The molecule has 0 aliphatic rings. The van der Waals surface area contributed by atoms with Crippen LogP contribution in [0.15, 0.2) is 71.8 Å². The van der Waals surface area contributed by atoms with Crippen LogP contribution < -0.4 is 16.6 Å². The molecule has 0 fully saturated rings. The maximum absolute atomic E-state index is 14.4. The number of nitrogens with two attached hydrogens (primary N) is 1. The van der Waals surface area contributed by atoms with E-state index in [0.29, 0.717) is 28.1 Å². The maximum atomic E-state index is 14.4. The first-order valence-corrected chi connectivity index (χ1v) is 13.7. The van der Waals surface area contributed by atoms with Crippen LogP contribution in [0.4, 0.5) is 5.82 Å². The van der Waals surface area contributed by atoms with Gasteiger partial charge >= 0.3 is 0 Å². The van der Waals surface area contributed by atoms with Gasteiger partial charge in [0.15, 0.2) is 11.5 Å². The van der Waals surface area contributed by atoms with Crippen molar-refractivity contribution in [3.8, 4) is 16.8 Å². The number of nitrogen functional groups attached to an aromatic ring is 1. The lowest BCUT2D eigenvalue weighted by Crippen LogP contribution is -2.33. The molecule has 0 radical (unpaired) electrons. The molecule has 42 heavy (non-hydrogen) atoms. The van der Waals surface area contributed by atoms with Gasteiger partial charge in [0.1, 0.15) is 11.4 Å². The zero-order valence-corrected chi connectivity index (χ0v) is 24.0.